The van der Waals surface area contributed by atoms with Crippen LogP contribution in [0.1, 0.15) is 6.92 Å². The zero-order valence-corrected chi connectivity index (χ0v) is 18.8. The zero-order valence-electron chi connectivity index (χ0n) is 16.4. The average molecular weight is 487 g/mol. The number of furan rings is 1. The fourth-order valence-corrected chi connectivity index (χ4v) is 4.20. The summed E-state index contributed by atoms with van der Waals surface area (Å²) in [4.78, 5) is 12.4. The monoisotopic (exact) mass is 486 g/mol. The molecule has 0 saturated carbocycles. The van der Waals surface area contributed by atoms with Crippen LogP contribution in [0, 0.1) is 0 Å². The number of thioether (sulfide) groups is 1. The van der Waals surface area contributed by atoms with Gasteiger partial charge in [0.05, 0.1) is 12.9 Å². The Kier molecular flexibility index (Phi) is 6.10. The van der Waals surface area contributed by atoms with E-state index in [-0.39, 0.29) is 11.7 Å². The van der Waals surface area contributed by atoms with Crippen LogP contribution >= 0.6 is 27.7 Å². The number of aromatic nitrogens is 3. The first kappa shape index (κ1) is 20.5. The topological polar surface area (TPSA) is 82.2 Å². The van der Waals surface area contributed by atoms with E-state index in [4.69, 9.17) is 9.15 Å². The third kappa shape index (κ3) is 4.36. The van der Waals surface area contributed by atoms with Gasteiger partial charge >= 0.3 is 0 Å². The van der Waals surface area contributed by atoms with Gasteiger partial charge in [-0.3, -0.25) is 9.36 Å². The van der Waals surface area contributed by atoms with Crippen molar-refractivity contribution in [1.82, 2.24) is 14.8 Å². The summed E-state index contributed by atoms with van der Waals surface area (Å²) in [6, 6.07) is 15.0. The molecule has 0 spiro atoms. The molecule has 2 aromatic heterocycles. The summed E-state index contributed by atoms with van der Waals surface area (Å²) in [6.07, 6.45) is 0. The molecule has 1 N–H and O–H groups in total. The molecule has 4 rings (SSSR count). The molecule has 0 atom stereocenters. The number of halogens is 1. The molecule has 2 aromatic carbocycles. The number of hydrogen-bond donors (Lipinski definition) is 1. The SMILES string of the molecule is CCn1c(SCC(=O)Nc2cccc(OC)c2)nnc1-c1cc2cc(Br)ccc2o1. The van der Waals surface area contributed by atoms with Gasteiger partial charge in [-0.05, 0) is 43.3 Å². The Bertz CT molecular complexity index is 1200. The minimum Gasteiger partial charge on any atom is -0.497 e. The lowest BCUT2D eigenvalue weighted by molar-refractivity contribution is -0.113. The van der Waals surface area contributed by atoms with Crippen LogP contribution in [0.3, 0.4) is 0 Å². The fourth-order valence-electron chi connectivity index (χ4n) is 3.02. The second-order valence-electron chi connectivity index (χ2n) is 6.41. The summed E-state index contributed by atoms with van der Waals surface area (Å²) in [5.74, 6) is 2.05. The van der Waals surface area contributed by atoms with Crippen molar-refractivity contribution in [3.05, 3.63) is 53.0 Å². The number of amides is 1. The van der Waals surface area contributed by atoms with Gasteiger partial charge in [0.15, 0.2) is 10.9 Å². The Morgan fingerprint density at radius 3 is 2.90 bits per heavy atom. The van der Waals surface area contributed by atoms with Crippen LogP contribution in [-0.2, 0) is 11.3 Å². The van der Waals surface area contributed by atoms with Gasteiger partial charge in [0.25, 0.3) is 0 Å². The number of methoxy groups -OCH3 is 1. The highest BCUT2D eigenvalue weighted by atomic mass is 79.9. The predicted molar refractivity (Wildman–Crippen MR) is 121 cm³/mol. The minimum atomic E-state index is -0.131. The third-order valence-corrected chi connectivity index (χ3v) is 5.88. The van der Waals surface area contributed by atoms with Crippen molar-refractivity contribution < 1.29 is 13.9 Å². The first-order chi connectivity index (χ1) is 14.6. The lowest BCUT2D eigenvalue weighted by Gasteiger charge is -2.08. The molecule has 1 amide bonds. The lowest BCUT2D eigenvalue weighted by atomic mass is 10.2. The van der Waals surface area contributed by atoms with Crippen molar-refractivity contribution in [1.29, 1.82) is 0 Å². The molecule has 154 valence electrons. The van der Waals surface area contributed by atoms with Gasteiger partial charge in [-0.15, -0.1) is 10.2 Å². The van der Waals surface area contributed by atoms with E-state index in [9.17, 15) is 4.79 Å². The number of nitrogens with zero attached hydrogens (tertiary/aromatic N) is 3. The number of hydrogen-bond acceptors (Lipinski definition) is 6. The van der Waals surface area contributed by atoms with Crippen molar-refractivity contribution in [2.75, 3.05) is 18.2 Å². The fraction of sp³-hybridized carbons (Fsp3) is 0.190. The van der Waals surface area contributed by atoms with Crippen LogP contribution < -0.4 is 10.1 Å². The molecule has 4 aromatic rings. The van der Waals surface area contributed by atoms with E-state index in [1.54, 1.807) is 13.2 Å². The number of benzene rings is 2. The maximum absolute atomic E-state index is 12.4. The van der Waals surface area contributed by atoms with Gasteiger partial charge in [-0.25, -0.2) is 0 Å². The van der Waals surface area contributed by atoms with Crippen LogP contribution in [0.25, 0.3) is 22.6 Å². The van der Waals surface area contributed by atoms with Crippen molar-refractivity contribution in [2.24, 2.45) is 0 Å². The number of anilines is 1. The molecule has 30 heavy (non-hydrogen) atoms. The van der Waals surface area contributed by atoms with Gasteiger partial charge in [-0.2, -0.15) is 0 Å². The molecule has 7 nitrogen and oxygen atoms in total. The molecule has 9 heteroatoms. The Hall–Kier alpha value is -2.78. The second kappa shape index (κ2) is 8.93. The first-order valence-electron chi connectivity index (χ1n) is 9.26. The van der Waals surface area contributed by atoms with Crippen molar-refractivity contribution in [2.45, 2.75) is 18.6 Å². The normalized spacial score (nSPS) is 11.0. The molecular weight excluding hydrogens is 468 g/mol. The highest BCUT2D eigenvalue weighted by molar-refractivity contribution is 9.10. The molecule has 0 saturated heterocycles. The quantitative estimate of drug-likeness (QED) is 0.361. The van der Waals surface area contributed by atoms with Crippen LogP contribution in [0.5, 0.6) is 5.75 Å². The number of ether oxygens (including phenoxy) is 1. The van der Waals surface area contributed by atoms with Crippen molar-refractivity contribution in [3.63, 3.8) is 0 Å². The highest BCUT2D eigenvalue weighted by Gasteiger charge is 2.18. The summed E-state index contributed by atoms with van der Waals surface area (Å²) < 4.78 is 14.1. The molecule has 0 aliphatic carbocycles. The molecule has 2 heterocycles. The second-order valence-corrected chi connectivity index (χ2v) is 8.27. The molecular formula is C21H19BrN4O3S. The van der Waals surface area contributed by atoms with Crippen LogP contribution in [0.2, 0.25) is 0 Å². The smallest absolute Gasteiger partial charge is 0.234 e. The van der Waals surface area contributed by atoms with E-state index < -0.39 is 0 Å². The summed E-state index contributed by atoms with van der Waals surface area (Å²) in [5, 5.41) is 13.1. The summed E-state index contributed by atoms with van der Waals surface area (Å²) in [5.41, 5.74) is 1.47. The first-order valence-corrected chi connectivity index (χ1v) is 11.0. The van der Waals surface area contributed by atoms with Gasteiger partial charge in [0, 0.05) is 28.2 Å². The molecule has 0 aliphatic rings. The Labute approximate surface area is 185 Å². The number of carbonyl (C=O) groups is 1. The number of nitrogens with one attached hydrogen (secondary N) is 1. The van der Waals surface area contributed by atoms with E-state index in [2.05, 4.69) is 31.4 Å². The zero-order chi connectivity index (χ0) is 21.1. The molecule has 0 aliphatic heterocycles. The van der Waals surface area contributed by atoms with Gasteiger partial charge in [-0.1, -0.05) is 33.8 Å². The molecule has 0 fully saturated rings. The van der Waals surface area contributed by atoms with Crippen molar-refractivity contribution in [3.8, 4) is 17.3 Å². The maximum Gasteiger partial charge on any atom is 0.234 e. The molecule has 0 bridgehead atoms. The largest absolute Gasteiger partial charge is 0.497 e. The lowest BCUT2D eigenvalue weighted by Crippen LogP contribution is -2.14. The Balaban J connectivity index is 1.48. The number of rotatable bonds is 7. The van der Waals surface area contributed by atoms with Crippen LogP contribution in [-0.4, -0.2) is 33.5 Å². The molecule has 0 unspecified atom stereocenters. The van der Waals surface area contributed by atoms with E-state index in [0.717, 1.165) is 15.4 Å². The van der Waals surface area contributed by atoms with Crippen molar-refractivity contribution >= 4 is 50.3 Å². The standard InChI is InChI=1S/C21H19BrN4O3S/c1-3-26-20(18-10-13-9-14(22)7-8-17(13)29-18)24-25-21(26)30-12-19(27)23-15-5-4-6-16(11-15)28-2/h4-11H,3,12H2,1-2H3,(H,23,27). The predicted octanol–water partition coefficient (Wildman–Crippen LogP) is 5.21. The minimum absolute atomic E-state index is 0.131. The maximum atomic E-state index is 12.4. The third-order valence-electron chi connectivity index (χ3n) is 4.42. The Morgan fingerprint density at radius 1 is 1.23 bits per heavy atom. The summed E-state index contributed by atoms with van der Waals surface area (Å²) in [6.45, 7) is 2.66. The van der Waals surface area contributed by atoms with Gasteiger partial charge in [0.2, 0.25) is 11.7 Å². The summed E-state index contributed by atoms with van der Waals surface area (Å²) >= 11 is 4.80. The van der Waals surface area contributed by atoms with Gasteiger partial charge < -0.3 is 14.5 Å². The van der Waals surface area contributed by atoms with E-state index in [1.807, 2.05) is 54.0 Å². The molecule has 0 radical (unpaired) electrons. The highest BCUT2D eigenvalue weighted by Crippen LogP contribution is 2.30. The van der Waals surface area contributed by atoms with E-state index in [1.165, 1.54) is 11.8 Å². The van der Waals surface area contributed by atoms with Crippen LogP contribution in [0.4, 0.5) is 5.69 Å². The average Bonchev–Trinajstić information content (AvgIpc) is 3.35. The summed E-state index contributed by atoms with van der Waals surface area (Å²) in [7, 11) is 1.59. The Morgan fingerprint density at radius 2 is 2.10 bits per heavy atom. The number of fused-ring (bicyclic) bond motifs is 1. The van der Waals surface area contributed by atoms with E-state index in [0.29, 0.717) is 34.7 Å². The number of carbonyl (C=O) groups excluding carboxylic acids is 1. The van der Waals surface area contributed by atoms with Crippen LogP contribution in [0.15, 0.2) is 62.6 Å². The van der Waals surface area contributed by atoms with Gasteiger partial charge in [0.1, 0.15) is 11.3 Å². The van der Waals surface area contributed by atoms with E-state index >= 15 is 0 Å².